The first-order chi connectivity index (χ1) is 15.2. The third kappa shape index (κ3) is 4.43. The number of nitriles is 1. The number of nitrogens with zero attached hydrogens (tertiary/aromatic N) is 5. The van der Waals surface area contributed by atoms with Crippen LogP contribution in [0, 0.1) is 17.2 Å². The zero-order valence-corrected chi connectivity index (χ0v) is 17.4. The first-order valence-corrected chi connectivity index (χ1v) is 10.4. The summed E-state index contributed by atoms with van der Waals surface area (Å²) in [4.78, 5) is 23.2. The molecule has 1 atom stereocenters. The Hall–Kier alpha value is -3.67. The molecule has 0 aliphatic heterocycles. The maximum Gasteiger partial charge on any atom is 0.330 e. The number of anilines is 1. The van der Waals surface area contributed by atoms with E-state index in [2.05, 4.69) is 31.1 Å². The summed E-state index contributed by atoms with van der Waals surface area (Å²) in [6.45, 7) is 0.396. The van der Waals surface area contributed by atoms with Gasteiger partial charge in [0.1, 0.15) is 12.0 Å². The maximum absolute atomic E-state index is 11.3. The summed E-state index contributed by atoms with van der Waals surface area (Å²) in [5.74, 6) is 0.682. The number of carbonyl (C=O) groups excluding carboxylic acids is 1. The molecule has 0 aromatic carbocycles. The fraction of sp³-hybridized carbons (Fsp3) is 0.409. The Bertz CT molecular complexity index is 1120. The van der Waals surface area contributed by atoms with Crippen molar-refractivity contribution in [3.8, 4) is 17.3 Å². The van der Waals surface area contributed by atoms with E-state index < -0.39 is 5.97 Å². The fourth-order valence-electron chi connectivity index (χ4n) is 4.24. The van der Waals surface area contributed by atoms with Crippen molar-refractivity contribution in [2.75, 3.05) is 19.0 Å². The quantitative estimate of drug-likeness (QED) is 0.422. The van der Waals surface area contributed by atoms with Gasteiger partial charge in [0.25, 0.3) is 0 Å². The number of H-pyrrole nitrogens is 1. The van der Waals surface area contributed by atoms with E-state index in [1.54, 1.807) is 6.08 Å². The Morgan fingerprint density at radius 3 is 3.06 bits per heavy atom. The van der Waals surface area contributed by atoms with E-state index >= 15 is 0 Å². The topological polar surface area (TPSA) is 122 Å². The number of hydrogen-bond acceptors (Lipinski definition) is 7. The summed E-state index contributed by atoms with van der Waals surface area (Å²) in [6.07, 6.45) is 13.4. The van der Waals surface area contributed by atoms with Crippen molar-refractivity contribution in [2.45, 2.75) is 38.1 Å². The van der Waals surface area contributed by atoms with Gasteiger partial charge in [0.2, 0.25) is 0 Å². The van der Waals surface area contributed by atoms with E-state index in [4.69, 9.17) is 5.10 Å². The van der Waals surface area contributed by atoms with Crippen LogP contribution in [0.2, 0.25) is 0 Å². The molecule has 3 heterocycles. The minimum Gasteiger partial charge on any atom is -0.466 e. The Morgan fingerprint density at radius 1 is 1.45 bits per heavy atom. The van der Waals surface area contributed by atoms with Crippen LogP contribution < -0.4 is 5.32 Å². The third-order valence-electron chi connectivity index (χ3n) is 5.77. The molecule has 31 heavy (non-hydrogen) atoms. The number of aromatic amines is 1. The summed E-state index contributed by atoms with van der Waals surface area (Å²) >= 11 is 0. The average Bonchev–Trinajstić information content (AvgIpc) is 3.55. The number of methoxy groups -OCH3 is 1. The lowest BCUT2D eigenvalue weighted by atomic mass is 9.96. The Kier molecular flexibility index (Phi) is 6.26. The molecule has 0 saturated heterocycles. The molecule has 1 fully saturated rings. The van der Waals surface area contributed by atoms with Crippen LogP contribution in [0.3, 0.4) is 0 Å². The van der Waals surface area contributed by atoms with Crippen LogP contribution in [0.1, 0.15) is 38.1 Å². The van der Waals surface area contributed by atoms with Crippen LogP contribution in [0.15, 0.2) is 36.9 Å². The van der Waals surface area contributed by atoms with Crippen molar-refractivity contribution in [1.82, 2.24) is 24.7 Å². The lowest BCUT2D eigenvalue weighted by molar-refractivity contribution is -0.134. The molecule has 0 spiro atoms. The van der Waals surface area contributed by atoms with E-state index in [9.17, 15) is 10.1 Å². The van der Waals surface area contributed by atoms with Gasteiger partial charge >= 0.3 is 5.97 Å². The van der Waals surface area contributed by atoms with Crippen molar-refractivity contribution in [3.63, 3.8) is 0 Å². The van der Waals surface area contributed by atoms with E-state index in [1.165, 1.54) is 32.4 Å². The largest absolute Gasteiger partial charge is 0.466 e. The van der Waals surface area contributed by atoms with Crippen LogP contribution in [-0.2, 0) is 9.53 Å². The predicted molar refractivity (Wildman–Crippen MR) is 116 cm³/mol. The third-order valence-corrected chi connectivity index (χ3v) is 5.77. The second kappa shape index (κ2) is 9.43. The number of ether oxygens (including phenoxy) is 1. The second-order valence-electron chi connectivity index (χ2n) is 7.61. The van der Waals surface area contributed by atoms with Crippen LogP contribution in [0.5, 0.6) is 0 Å². The average molecular weight is 419 g/mol. The van der Waals surface area contributed by atoms with Gasteiger partial charge in [0, 0.05) is 30.4 Å². The normalized spacial score (nSPS) is 15.4. The number of rotatable bonds is 8. The molecule has 1 saturated carbocycles. The number of esters is 1. The van der Waals surface area contributed by atoms with Gasteiger partial charge in [-0.05, 0) is 24.8 Å². The lowest BCUT2D eigenvalue weighted by Crippen LogP contribution is -2.18. The van der Waals surface area contributed by atoms with E-state index in [0.29, 0.717) is 24.7 Å². The predicted octanol–water partition coefficient (Wildman–Crippen LogP) is 3.61. The Balaban J connectivity index is 1.71. The lowest BCUT2D eigenvalue weighted by Gasteiger charge is -2.21. The summed E-state index contributed by atoms with van der Waals surface area (Å²) in [7, 11) is 1.34. The summed E-state index contributed by atoms with van der Waals surface area (Å²) < 4.78 is 6.55. The molecule has 1 aliphatic rings. The number of carbonyl (C=O) groups is 1. The highest BCUT2D eigenvalue weighted by molar-refractivity contribution is 5.93. The van der Waals surface area contributed by atoms with Gasteiger partial charge in [0.15, 0.2) is 5.82 Å². The minimum atomic E-state index is -0.410. The molecule has 2 N–H and O–H groups in total. The summed E-state index contributed by atoms with van der Waals surface area (Å²) in [5, 5.41) is 18.4. The number of aromatic nitrogens is 5. The SMILES string of the molecule is COC(=O)/C=C/CNc1nn(C(CC#N)C2CCCC2)cc1-c1ncnc2[nH]ccc12. The molecule has 9 heteroatoms. The molecule has 1 unspecified atom stereocenters. The molecule has 0 bridgehead atoms. The Labute approximate surface area is 180 Å². The first-order valence-electron chi connectivity index (χ1n) is 10.4. The van der Waals surface area contributed by atoms with Gasteiger partial charge in [-0.15, -0.1) is 0 Å². The van der Waals surface area contributed by atoms with Crippen molar-refractivity contribution in [1.29, 1.82) is 5.26 Å². The van der Waals surface area contributed by atoms with Crippen LogP contribution >= 0.6 is 0 Å². The van der Waals surface area contributed by atoms with Gasteiger partial charge in [-0.1, -0.05) is 18.9 Å². The van der Waals surface area contributed by atoms with E-state index in [1.807, 2.05) is 23.1 Å². The molecule has 0 radical (unpaired) electrons. The minimum absolute atomic E-state index is 0.0240. The van der Waals surface area contributed by atoms with Gasteiger partial charge in [-0.2, -0.15) is 10.4 Å². The highest BCUT2D eigenvalue weighted by Crippen LogP contribution is 2.38. The molecule has 160 valence electrons. The molecular formula is C22H25N7O2. The molecule has 9 nitrogen and oxygen atoms in total. The van der Waals surface area contributed by atoms with Crippen LogP contribution in [0.25, 0.3) is 22.3 Å². The van der Waals surface area contributed by atoms with Gasteiger partial charge in [-0.3, -0.25) is 4.68 Å². The zero-order chi connectivity index (χ0) is 21.6. The van der Waals surface area contributed by atoms with Crippen molar-refractivity contribution in [2.24, 2.45) is 5.92 Å². The van der Waals surface area contributed by atoms with Crippen molar-refractivity contribution >= 4 is 22.8 Å². The van der Waals surface area contributed by atoms with Crippen molar-refractivity contribution in [3.05, 3.63) is 36.9 Å². The van der Waals surface area contributed by atoms with Gasteiger partial charge in [0.05, 0.1) is 36.9 Å². The standard InChI is InChI=1S/C22H25N7O2/c1-31-19(30)7-4-11-24-22-17(20-16-9-12-25-21(16)27-14-26-20)13-29(28-22)18(8-10-23)15-5-2-3-6-15/h4,7,9,12-15,18H,2-3,5-6,8,11H2,1H3,(H,24,28)(H,25,26,27)/b7-4+. The molecule has 0 amide bonds. The van der Waals surface area contributed by atoms with Gasteiger partial charge in [-0.25, -0.2) is 14.8 Å². The molecule has 1 aliphatic carbocycles. The zero-order valence-electron chi connectivity index (χ0n) is 17.4. The van der Waals surface area contributed by atoms with E-state index in [0.717, 1.165) is 35.1 Å². The highest BCUT2D eigenvalue weighted by atomic mass is 16.5. The van der Waals surface area contributed by atoms with Crippen LogP contribution in [0.4, 0.5) is 5.82 Å². The monoisotopic (exact) mass is 419 g/mol. The second-order valence-corrected chi connectivity index (χ2v) is 7.61. The number of fused-ring (bicyclic) bond motifs is 1. The molecule has 3 aromatic heterocycles. The van der Waals surface area contributed by atoms with E-state index in [-0.39, 0.29) is 6.04 Å². The molecule has 3 aromatic rings. The fourth-order valence-corrected chi connectivity index (χ4v) is 4.24. The molecule has 4 rings (SSSR count). The summed E-state index contributed by atoms with van der Waals surface area (Å²) in [6, 6.07) is 4.30. The maximum atomic E-state index is 11.3. The van der Waals surface area contributed by atoms with Gasteiger partial charge < -0.3 is 15.0 Å². The van der Waals surface area contributed by atoms with Crippen molar-refractivity contribution < 1.29 is 9.53 Å². The first kappa shape index (κ1) is 20.6. The highest BCUT2D eigenvalue weighted by Gasteiger charge is 2.28. The van der Waals surface area contributed by atoms with Crippen LogP contribution in [-0.4, -0.2) is 44.4 Å². The molecular weight excluding hydrogens is 394 g/mol. The Morgan fingerprint density at radius 2 is 2.29 bits per heavy atom. The number of hydrogen-bond donors (Lipinski definition) is 2. The number of nitrogens with one attached hydrogen (secondary N) is 2. The summed E-state index contributed by atoms with van der Waals surface area (Å²) in [5.41, 5.74) is 2.34. The smallest absolute Gasteiger partial charge is 0.330 e.